The molecule has 0 amide bonds. The van der Waals surface area contributed by atoms with Crippen molar-refractivity contribution >= 4 is 5.97 Å². The van der Waals surface area contributed by atoms with Crippen molar-refractivity contribution in [1.82, 2.24) is 9.97 Å². The number of carbonyl (C=O) groups is 1. The third-order valence-electron chi connectivity index (χ3n) is 3.81. The first-order valence-corrected chi connectivity index (χ1v) is 7.48. The number of esters is 1. The van der Waals surface area contributed by atoms with Gasteiger partial charge in [0, 0.05) is 12.1 Å². The molecule has 1 aliphatic rings. The molecule has 5 heteroatoms. The maximum Gasteiger partial charge on any atom is 0.345 e. The first-order valence-electron chi connectivity index (χ1n) is 7.48. The molecule has 1 heterocycles. The fourth-order valence-corrected chi connectivity index (χ4v) is 2.70. The molecular formula is C15H22N2O3. The molecule has 1 aliphatic carbocycles. The SMILES string of the molecule is CCOC(=O)c1cnc(C2CCCCCCC2)[nH]c1=O. The molecule has 1 fully saturated rings. The normalized spacial score (nSPS) is 17.2. The zero-order chi connectivity index (χ0) is 14.4. The fraction of sp³-hybridized carbons (Fsp3) is 0.667. The van der Waals surface area contributed by atoms with E-state index in [0.29, 0.717) is 11.7 Å². The van der Waals surface area contributed by atoms with Crippen LogP contribution in [-0.4, -0.2) is 22.5 Å². The van der Waals surface area contributed by atoms with Crippen LogP contribution in [0.3, 0.4) is 0 Å². The molecule has 5 nitrogen and oxygen atoms in total. The van der Waals surface area contributed by atoms with Gasteiger partial charge in [-0.25, -0.2) is 9.78 Å². The smallest absolute Gasteiger partial charge is 0.345 e. The summed E-state index contributed by atoms with van der Waals surface area (Å²) in [4.78, 5) is 30.6. The molecule has 0 bridgehead atoms. The molecule has 0 saturated heterocycles. The van der Waals surface area contributed by atoms with Gasteiger partial charge in [0.05, 0.1) is 6.61 Å². The molecule has 0 aliphatic heterocycles. The van der Waals surface area contributed by atoms with Crippen LogP contribution >= 0.6 is 0 Å². The van der Waals surface area contributed by atoms with Crippen molar-refractivity contribution in [3.05, 3.63) is 27.9 Å². The summed E-state index contributed by atoms with van der Waals surface area (Å²) < 4.78 is 4.83. The molecule has 1 aromatic heterocycles. The van der Waals surface area contributed by atoms with Gasteiger partial charge >= 0.3 is 5.97 Å². The van der Waals surface area contributed by atoms with E-state index in [1.54, 1.807) is 6.92 Å². The summed E-state index contributed by atoms with van der Waals surface area (Å²) in [6.07, 6.45) is 9.62. The fourth-order valence-electron chi connectivity index (χ4n) is 2.70. The largest absolute Gasteiger partial charge is 0.462 e. The number of aromatic amines is 1. The van der Waals surface area contributed by atoms with Crippen LogP contribution in [0.25, 0.3) is 0 Å². The average Bonchev–Trinajstić information content (AvgIpc) is 2.38. The topological polar surface area (TPSA) is 72.0 Å². The number of ether oxygens (including phenoxy) is 1. The van der Waals surface area contributed by atoms with Gasteiger partial charge in [-0.15, -0.1) is 0 Å². The Morgan fingerprint density at radius 3 is 2.55 bits per heavy atom. The highest BCUT2D eigenvalue weighted by molar-refractivity contribution is 5.88. The number of aromatic nitrogens is 2. The monoisotopic (exact) mass is 278 g/mol. The van der Waals surface area contributed by atoms with E-state index in [9.17, 15) is 9.59 Å². The lowest BCUT2D eigenvalue weighted by molar-refractivity contribution is 0.0523. The molecule has 0 aromatic carbocycles. The lowest BCUT2D eigenvalue weighted by Gasteiger charge is -2.18. The van der Waals surface area contributed by atoms with Crippen molar-refractivity contribution in [2.45, 2.75) is 57.8 Å². The van der Waals surface area contributed by atoms with E-state index >= 15 is 0 Å². The van der Waals surface area contributed by atoms with E-state index < -0.39 is 11.5 Å². The summed E-state index contributed by atoms with van der Waals surface area (Å²) in [5.74, 6) is 0.412. The number of rotatable bonds is 3. The van der Waals surface area contributed by atoms with E-state index in [1.807, 2.05) is 0 Å². The predicted molar refractivity (Wildman–Crippen MR) is 75.9 cm³/mol. The molecule has 20 heavy (non-hydrogen) atoms. The van der Waals surface area contributed by atoms with E-state index in [-0.39, 0.29) is 12.2 Å². The second-order valence-electron chi connectivity index (χ2n) is 5.27. The lowest BCUT2D eigenvalue weighted by Crippen LogP contribution is -2.23. The minimum Gasteiger partial charge on any atom is -0.462 e. The number of hydrogen-bond donors (Lipinski definition) is 1. The van der Waals surface area contributed by atoms with E-state index in [1.165, 1.54) is 38.3 Å². The Morgan fingerprint density at radius 1 is 1.30 bits per heavy atom. The quantitative estimate of drug-likeness (QED) is 0.863. The van der Waals surface area contributed by atoms with Crippen LogP contribution in [0, 0.1) is 0 Å². The molecule has 0 spiro atoms. The zero-order valence-corrected chi connectivity index (χ0v) is 12.0. The van der Waals surface area contributed by atoms with Crippen molar-refractivity contribution in [1.29, 1.82) is 0 Å². The minimum atomic E-state index is -0.606. The van der Waals surface area contributed by atoms with Gasteiger partial charge in [-0.05, 0) is 19.8 Å². The molecule has 1 N–H and O–H groups in total. The van der Waals surface area contributed by atoms with Crippen molar-refractivity contribution in [3.63, 3.8) is 0 Å². The second kappa shape index (κ2) is 7.22. The van der Waals surface area contributed by atoms with Gasteiger partial charge in [-0.2, -0.15) is 0 Å². The average molecular weight is 278 g/mol. The molecule has 1 aromatic rings. The maximum atomic E-state index is 12.0. The van der Waals surface area contributed by atoms with Gasteiger partial charge in [0.1, 0.15) is 11.4 Å². The molecule has 0 atom stereocenters. The van der Waals surface area contributed by atoms with Crippen LogP contribution in [0.5, 0.6) is 0 Å². The highest BCUT2D eigenvalue weighted by Crippen LogP contribution is 2.28. The van der Waals surface area contributed by atoms with Crippen molar-refractivity contribution in [2.75, 3.05) is 6.61 Å². The molecule has 0 radical (unpaired) electrons. The molecule has 110 valence electrons. The van der Waals surface area contributed by atoms with Crippen LogP contribution in [-0.2, 0) is 4.74 Å². The van der Waals surface area contributed by atoms with Crippen LogP contribution in [0.4, 0.5) is 0 Å². The van der Waals surface area contributed by atoms with Gasteiger partial charge in [0.2, 0.25) is 0 Å². The Labute approximate surface area is 118 Å². The minimum absolute atomic E-state index is 0.0126. The molecule has 1 saturated carbocycles. The Bertz CT molecular complexity index is 502. The van der Waals surface area contributed by atoms with Gasteiger partial charge in [-0.1, -0.05) is 32.1 Å². The third-order valence-corrected chi connectivity index (χ3v) is 3.81. The molecule has 2 rings (SSSR count). The first kappa shape index (κ1) is 14.8. The number of carbonyl (C=O) groups excluding carboxylic acids is 1. The summed E-state index contributed by atoms with van der Waals surface area (Å²) in [5.41, 5.74) is -0.406. The van der Waals surface area contributed by atoms with Gasteiger partial charge < -0.3 is 9.72 Å². The predicted octanol–water partition coefficient (Wildman–Crippen LogP) is 2.77. The Hall–Kier alpha value is -1.65. The van der Waals surface area contributed by atoms with Crippen molar-refractivity contribution < 1.29 is 9.53 Å². The second-order valence-corrected chi connectivity index (χ2v) is 5.27. The van der Waals surface area contributed by atoms with Crippen LogP contribution in [0.15, 0.2) is 11.0 Å². The van der Waals surface area contributed by atoms with E-state index in [0.717, 1.165) is 12.8 Å². The Morgan fingerprint density at radius 2 is 1.95 bits per heavy atom. The van der Waals surface area contributed by atoms with Gasteiger partial charge in [-0.3, -0.25) is 4.79 Å². The van der Waals surface area contributed by atoms with Crippen LogP contribution in [0.1, 0.15) is 74.0 Å². The number of nitrogens with zero attached hydrogens (tertiary/aromatic N) is 1. The Kier molecular flexibility index (Phi) is 5.32. The maximum absolute atomic E-state index is 12.0. The van der Waals surface area contributed by atoms with Crippen molar-refractivity contribution in [3.8, 4) is 0 Å². The van der Waals surface area contributed by atoms with Crippen LogP contribution in [0.2, 0.25) is 0 Å². The zero-order valence-electron chi connectivity index (χ0n) is 12.0. The van der Waals surface area contributed by atoms with Gasteiger partial charge in [0.15, 0.2) is 0 Å². The molecular weight excluding hydrogens is 256 g/mol. The summed E-state index contributed by atoms with van der Waals surface area (Å²) in [7, 11) is 0. The Balaban J connectivity index is 2.15. The molecule has 0 unspecified atom stereocenters. The summed E-state index contributed by atoms with van der Waals surface area (Å²) >= 11 is 0. The highest BCUT2D eigenvalue weighted by Gasteiger charge is 2.18. The van der Waals surface area contributed by atoms with Crippen LogP contribution < -0.4 is 5.56 Å². The summed E-state index contributed by atoms with van der Waals surface area (Å²) in [5, 5.41) is 0. The number of nitrogens with one attached hydrogen (secondary N) is 1. The lowest BCUT2D eigenvalue weighted by atomic mass is 9.90. The van der Waals surface area contributed by atoms with Gasteiger partial charge in [0.25, 0.3) is 5.56 Å². The number of H-pyrrole nitrogens is 1. The third kappa shape index (κ3) is 3.68. The van der Waals surface area contributed by atoms with E-state index in [4.69, 9.17) is 4.74 Å². The standard InChI is InChI=1S/C15H22N2O3/c1-2-20-15(19)12-10-16-13(17-14(12)18)11-8-6-4-3-5-7-9-11/h10-11H,2-9H2,1H3,(H,16,17,18). The van der Waals surface area contributed by atoms with Crippen molar-refractivity contribution in [2.24, 2.45) is 0 Å². The number of hydrogen-bond acceptors (Lipinski definition) is 4. The summed E-state index contributed by atoms with van der Waals surface area (Å²) in [6, 6.07) is 0. The first-order chi connectivity index (χ1) is 9.72. The van der Waals surface area contributed by atoms with E-state index in [2.05, 4.69) is 9.97 Å². The summed E-state index contributed by atoms with van der Waals surface area (Å²) in [6.45, 7) is 1.96. The highest BCUT2D eigenvalue weighted by atomic mass is 16.5.